The molecule has 31 heavy (non-hydrogen) atoms. The van der Waals surface area contributed by atoms with E-state index in [0.29, 0.717) is 36.6 Å². The van der Waals surface area contributed by atoms with Gasteiger partial charge in [-0.15, -0.1) is 0 Å². The maximum Gasteiger partial charge on any atom is 0.257 e. The predicted molar refractivity (Wildman–Crippen MR) is 118 cm³/mol. The van der Waals surface area contributed by atoms with E-state index in [9.17, 15) is 17.6 Å². The molecule has 0 radical (unpaired) electrons. The van der Waals surface area contributed by atoms with Crippen LogP contribution in [0, 0.1) is 5.82 Å². The van der Waals surface area contributed by atoms with Gasteiger partial charge in [-0.25, -0.2) is 12.8 Å². The van der Waals surface area contributed by atoms with Gasteiger partial charge in [-0.05, 0) is 62.2 Å². The zero-order valence-electron chi connectivity index (χ0n) is 18.0. The van der Waals surface area contributed by atoms with Crippen molar-refractivity contribution in [2.75, 3.05) is 30.3 Å². The SMILES string of the molecule is CC(C)OCCCNC(=O)COc1ccc(N(Cc2ccc(F)cc2)S(C)(=O)=O)cc1. The molecule has 170 valence electrons. The van der Waals surface area contributed by atoms with E-state index >= 15 is 0 Å². The van der Waals surface area contributed by atoms with Gasteiger partial charge in [0.1, 0.15) is 11.6 Å². The number of carbonyl (C=O) groups excluding carboxylic acids is 1. The fraction of sp³-hybridized carbons (Fsp3) is 0.409. The van der Waals surface area contributed by atoms with E-state index in [1.807, 2.05) is 13.8 Å². The Kier molecular flexibility index (Phi) is 9.26. The van der Waals surface area contributed by atoms with E-state index in [1.165, 1.54) is 16.4 Å². The average molecular weight is 453 g/mol. The first-order valence-corrected chi connectivity index (χ1v) is 11.8. The number of anilines is 1. The van der Waals surface area contributed by atoms with Gasteiger partial charge in [0.15, 0.2) is 6.61 Å². The number of carbonyl (C=O) groups is 1. The number of hydrogen-bond acceptors (Lipinski definition) is 5. The highest BCUT2D eigenvalue weighted by atomic mass is 32.2. The van der Waals surface area contributed by atoms with Crippen molar-refractivity contribution in [1.82, 2.24) is 5.32 Å². The molecule has 0 fully saturated rings. The maximum absolute atomic E-state index is 13.1. The fourth-order valence-corrected chi connectivity index (χ4v) is 3.57. The lowest BCUT2D eigenvalue weighted by atomic mass is 10.2. The molecule has 2 rings (SSSR count). The van der Waals surface area contributed by atoms with Crippen LogP contribution in [0.3, 0.4) is 0 Å². The van der Waals surface area contributed by atoms with Gasteiger partial charge in [0.25, 0.3) is 5.91 Å². The van der Waals surface area contributed by atoms with Crippen LogP contribution in [0.25, 0.3) is 0 Å². The molecule has 1 N–H and O–H groups in total. The molecule has 0 bridgehead atoms. The molecule has 1 amide bonds. The second-order valence-electron chi connectivity index (χ2n) is 7.30. The number of hydrogen-bond donors (Lipinski definition) is 1. The number of nitrogens with one attached hydrogen (secondary N) is 1. The zero-order valence-corrected chi connectivity index (χ0v) is 18.8. The van der Waals surface area contributed by atoms with Gasteiger partial charge in [-0.1, -0.05) is 12.1 Å². The molecule has 2 aromatic rings. The topological polar surface area (TPSA) is 84.9 Å². The van der Waals surface area contributed by atoms with Crippen LogP contribution >= 0.6 is 0 Å². The molecule has 2 aromatic carbocycles. The first-order chi connectivity index (χ1) is 14.6. The minimum absolute atomic E-state index is 0.0717. The maximum atomic E-state index is 13.1. The third-order valence-corrected chi connectivity index (χ3v) is 5.37. The molecule has 0 saturated heterocycles. The van der Waals surface area contributed by atoms with Crippen molar-refractivity contribution in [3.05, 3.63) is 59.9 Å². The van der Waals surface area contributed by atoms with E-state index in [2.05, 4.69) is 5.32 Å². The molecular formula is C22H29FN2O5S. The summed E-state index contributed by atoms with van der Waals surface area (Å²) in [6.45, 7) is 4.92. The molecule has 0 heterocycles. The van der Waals surface area contributed by atoms with Gasteiger partial charge in [0.05, 0.1) is 24.6 Å². The summed E-state index contributed by atoms with van der Waals surface area (Å²) >= 11 is 0. The van der Waals surface area contributed by atoms with Crippen LogP contribution in [-0.4, -0.2) is 46.4 Å². The van der Waals surface area contributed by atoms with E-state index in [0.717, 1.165) is 6.26 Å². The van der Waals surface area contributed by atoms with Gasteiger partial charge >= 0.3 is 0 Å². The third-order valence-electron chi connectivity index (χ3n) is 4.23. The van der Waals surface area contributed by atoms with Crippen LogP contribution in [0.15, 0.2) is 48.5 Å². The normalized spacial score (nSPS) is 11.4. The summed E-state index contributed by atoms with van der Waals surface area (Å²) in [4.78, 5) is 11.9. The van der Waals surface area contributed by atoms with Crippen LogP contribution in [-0.2, 0) is 26.1 Å². The van der Waals surface area contributed by atoms with Crippen molar-refractivity contribution in [3.63, 3.8) is 0 Å². The predicted octanol–water partition coefficient (Wildman–Crippen LogP) is 3.10. The Hall–Kier alpha value is -2.65. The minimum atomic E-state index is -3.56. The monoisotopic (exact) mass is 452 g/mol. The second-order valence-corrected chi connectivity index (χ2v) is 9.21. The first-order valence-electron chi connectivity index (χ1n) is 9.98. The van der Waals surface area contributed by atoms with Crippen molar-refractivity contribution in [3.8, 4) is 5.75 Å². The van der Waals surface area contributed by atoms with Gasteiger partial charge in [0.2, 0.25) is 10.0 Å². The number of ether oxygens (including phenoxy) is 2. The van der Waals surface area contributed by atoms with Gasteiger partial charge < -0.3 is 14.8 Å². The van der Waals surface area contributed by atoms with Crippen molar-refractivity contribution < 1.29 is 27.1 Å². The largest absolute Gasteiger partial charge is 0.484 e. The lowest BCUT2D eigenvalue weighted by Crippen LogP contribution is -2.30. The molecule has 0 unspecified atom stereocenters. The Morgan fingerprint density at radius 1 is 1.10 bits per heavy atom. The van der Waals surface area contributed by atoms with Crippen LogP contribution in [0.1, 0.15) is 25.8 Å². The van der Waals surface area contributed by atoms with Gasteiger partial charge in [-0.2, -0.15) is 0 Å². The van der Waals surface area contributed by atoms with Crippen LogP contribution < -0.4 is 14.4 Å². The number of sulfonamides is 1. The van der Waals surface area contributed by atoms with Crippen molar-refractivity contribution in [2.45, 2.75) is 32.9 Å². The minimum Gasteiger partial charge on any atom is -0.484 e. The number of rotatable bonds is 12. The lowest BCUT2D eigenvalue weighted by molar-refractivity contribution is -0.123. The van der Waals surface area contributed by atoms with Gasteiger partial charge in [-0.3, -0.25) is 9.10 Å². The van der Waals surface area contributed by atoms with Crippen molar-refractivity contribution in [1.29, 1.82) is 0 Å². The van der Waals surface area contributed by atoms with E-state index in [1.54, 1.807) is 36.4 Å². The van der Waals surface area contributed by atoms with E-state index in [-0.39, 0.29) is 31.0 Å². The molecule has 9 heteroatoms. The highest BCUT2D eigenvalue weighted by Gasteiger charge is 2.18. The fourth-order valence-electron chi connectivity index (χ4n) is 2.68. The van der Waals surface area contributed by atoms with Crippen LogP contribution in [0.5, 0.6) is 5.75 Å². The molecule has 0 aromatic heterocycles. The molecule has 0 saturated carbocycles. The summed E-state index contributed by atoms with van der Waals surface area (Å²) in [6, 6.07) is 12.0. The summed E-state index contributed by atoms with van der Waals surface area (Å²) < 4.78 is 49.7. The molecule has 0 aliphatic heterocycles. The van der Waals surface area contributed by atoms with Crippen molar-refractivity contribution >= 4 is 21.6 Å². The summed E-state index contributed by atoms with van der Waals surface area (Å²) in [5.74, 6) is -0.191. The second kappa shape index (κ2) is 11.7. The zero-order chi connectivity index (χ0) is 22.9. The molecular weight excluding hydrogens is 423 g/mol. The third kappa shape index (κ3) is 8.94. The Balaban J connectivity index is 1.89. The summed E-state index contributed by atoms with van der Waals surface area (Å²) in [5, 5.41) is 2.75. The quantitative estimate of drug-likeness (QED) is 0.500. The highest BCUT2D eigenvalue weighted by molar-refractivity contribution is 7.92. The Morgan fingerprint density at radius 2 is 1.74 bits per heavy atom. The number of nitrogens with zero attached hydrogens (tertiary/aromatic N) is 1. The summed E-state index contributed by atoms with van der Waals surface area (Å²) in [7, 11) is -3.56. The first kappa shape index (κ1) is 24.6. The molecule has 0 atom stereocenters. The molecule has 0 spiro atoms. The van der Waals surface area contributed by atoms with Crippen molar-refractivity contribution in [2.24, 2.45) is 0 Å². The number of benzene rings is 2. The summed E-state index contributed by atoms with van der Waals surface area (Å²) in [6.07, 6.45) is 1.99. The summed E-state index contributed by atoms with van der Waals surface area (Å²) in [5.41, 5.74) is 1.09. The average Bonchev–Trinajstić information content (AvgIpc) is 2.71. The Bertz CT molecular complexity index is 931. The molecule has 0 aliphatic carbocycles. The molecule has 0 aliphatic rings. The van der Waals surface area contributed by atoms with E-state index in [4.69, 9.17) is 9.47 Å². The smallest absolute Gasteiger partial charge is 0.257 e. The van der Waals surface area contributed by atoms with E-state index < -0.39 is 10.0 Å². The Labute approximate surface area is 183 Å². The Morgan fingerprint density at radius 3 is 2.32 bits per heavy atom. The lowest BCUT2D eigenvalue weighted by Gasteiger charge is -2.22. The van der Waals surface area contributed by atoms with Crippen LogP contribution in [0.2, 0.25) is 0 Å². The van der Waals surface area contributed by atoms with Crippen LogP contribution in [0.4, 0.5) is 10.1 Å². The van der Waals surface area contributed by atoms with Gasteiger partial charge in [0, 0.05) is 13.2 Å². The highest BCUT2D eigenvalue weighted by Crippen LogP contribution is 2.23. The molecule has 7 nitrogen and oxygen atoms in total. The number of halogens is 1. The number of amides is 1. The standard InChI is InChI=1S/C22H29FN2O5S/c1-17(2)29-14-4-13-24-22(26)16-30-21-11-9-20(10-12-21)25(31(3,27)28)15-18-5-7-19(23)8-6-18/h5-12,17H,4,13-16H2,1-3H3,(H,24,26).